The van der Waals surface area contributed by atoms with Crippen molar-refractivity contribution in [2.45, 2.75) is 26.7 Å². The van der Waals surface area contributed by atoms with Crippen molar-refractivity contribution in [3.63, 3.8) is 0 Å². The van der Waals surface area contributed by atoms with Crippen LogP contribution in [0.5, 0.6) is 0 Å². The molecule has 5 heteroatoms. The van der Waals surface area contributed by atoms with E-state index in [9.17, 15) is 4.79 Å². The third kappa shape index (κ3) is 3.46. The normalized spacial score (nSPS) is 15.0. The number of halogens is 1. The molecule has 4 aromatic rings. The maximum absolute atomic E-state index is 15.7. The van der Waals surface area contributed by atoms with Crippen molar-refractivity contribution in [1.29, 1.82) is 0 Å². The third-order valence-corrected chi connectivity index (χ3v) is 5.67. The highest BCUT2D eigenvalue weighted by Crippen LogP contribution is 2.36. The van der Waals surface area contributed by atoms with Gasteiger partial charge in [-0.25, -0.2) is 9.97 Å². The molecular formula is C26H22FN3O. The molecule has 1 aliphatic carbocycles. The van der Waals surface area contributed by atoms with Crippen LogP contribution < -0.4 is 0 Å². The Kier molecular flexibility index (Phi) is 4.54. The first-order valence-corrected chi connectivity index (χ1v) is 10.4. The number of para-hydroxylation sites is 1. The SMILES string of the molecule is CC1(C)CC(=O)c2ccc(-c3nc(-c4ccccc4)c(F)n3-c3ccccc3)nc2C1. The molecular weight excluding hydrogens is 389 g/mol. The number of hydrogen-bond donors (Lipinski definition) is 0. The average Bonchev–Trinajstić information content (AvgIpc) is 3.11. The van der Waals surface area contributed by atoms with Gasteiger partial charge < -0.3 is 0 Å². The number of carbonyl (C=O) groups is 1. The molecule has 0 atom stereocenters. The fourth-order valence-corrected chi connectivity index (χ4v) is 4.23. The van der Waals surface area contributed by atoms with Gasteiger partial charge >= 0.3 is 0 Å². The second kappa shape index (κ2) is 7.27. The zero-order chi connectivity index (χ0) is 21.6. The van der Waals surface area contributed by atoms with Crippen LogP contribution in [0.3, 0.4) is 0 Å². The van der Waals surface area contributed by atoms with Gasteiger partial charge in [-0.2, -0.15) is 4.39 Å². The fourth-order valence-electron chi connectivity index (χ4n) is 4.23. The summed E-state index contributed by atoms with van der Waals surface area (Å²) < 4.78 is 17.2. The van der Waals surface area contributed by atoms with Crippen molar-refractivity contribution in [2.75, 3.05) is 0 Å². The van der Waals surface area contributed by atoms with Crippen molar-refractivity contribution < 1.29 is 9.18 Å². The topological polar surface area (TPSA) is 47.8 Å². The predicted molar refractivity (Wildman–Crippen MR) is 119 cm³/mol. The van der Waals surface area contributed by atoms with Crippen molar-refractivity contribution in [3.05, 3.63) is 90.0 Å². The van der Waals surface area contributed by atoms with Crippen LogP contribution >= 0.6 is 0 Å². The Hall–Kier alpha value is -3.60. The molecule has 0 amide bonds. The number of pyridine rings is 1. The molecule has 2 heterocycles. The first-order valence-electron chi connectivity index (χ1n) is 10.4. The van der Waals surface area contributed by atoms with Gasteiger partial charge in [-0.15, -0.1) is 0 Å². The van der Waals surface area contributed by atoms with Crippen LogP contribution in [-0.4, -0.2) is 20.3 Å². The molecule has 4 nitrogen and oxygen atoms in total. The van der Waals surface area contributed by atoms with Gasteiger partial charge in [0.1, 0.15) is 11.4 Å². The van der Waals surface area contributed by atoms with Gasteiger partial charge in [-0.05, 0) is 36.1 Å². The highest BCUT2D eigenvalue weighted by atomic mass is 19.1. The number of fused-ring (bicyclic) bond motifs is 1. The third-order valence-electron chi connectivity index (χ3n) is 5.67. The van der Waals surface area contributed by atoms with Crippen molar-refractivity contribution in [2.24, 2.45) is 5.41 Å². The Balaban J connectivity index is 1.72. The summed E-state index contributed by atoms with van der Waals surface area (Å²) in [6.07, 6.45) is 1.20. The molecule has 0 aliphatic heterocycles. The standard InChI is InChI=1S/C26H22FN3O/c1-26(2)15-21-19(22(31)16-26)13-14-20(28-21)25-29-23(17-9-5-3-6-10-17)24(27)30(25)18-11-7-4-8-12-18/h3-14H,15-16H2,1-2H3. The van der Waals surface area contributed by atoms with Crippen LogP contribution in [0.1, 0.15) is 36.3 Å². The number of imidazole rings is 1. The van der Waals surface area contributed by atoms with Crippen LogP contribution in [0.25, 0.3) is 28.5 Å². The lowest BCUT2D eigenvalue weighted by Gasteiger charge is -2.29. The molecule has 1 aliphatic rings. The van der Waals surface area contributed by atoms with Crippen LogP contribution in [0.15, 0.2) is 72.8 Å². The van der Waals surface area contributed by atoms with Gasteiger partial charge in [0.05, 0.1) is 5.69 Å². The van der Waals surface area contributed by atoms with Gasteiger partial charge in [0, 0.05) is 23.2 Å². The summed E-state index contributed by atoms with van der Waals surface area (Å²) in [5, 5.41) is 0. The number of benzene rings is 2. The molecule has 0 N–H and O–H groups in total. The Labute approximate surface area is 180 Å². The van der Waals surface area contributed by atoms with Gasteiger partial charge in [-0.1, -0.05) is 62.4 Å². The number of hydrogen-bond acceptors (Lipinski definition) is 3. The Morgan fingerprint density at radius 1 is 0.871 bits per heavy atom. The minimum absolute atomic E-state index is 0.104. The van der Waals surface area contributed by atoms with E-state index in [-0.39, 0.29) is 16.9 Å². The average molecular weight is 411 g/mol. The zero-order valence-electron chi connectivity index (χ0n) is 17.5. The molecule has 154 valence electrons. The largest absolute Gasteiger partial charge is 0.294 e. The van der Waals surface area contributed by atoms with E-state index in [1.54, 1.807) is 12.1 Å². The second-order valence-corrected chi connectivity index (χ2v) is 8.74. The summed E-state index contributed by atoms with van der Waals surface area (Å²) in [5.74, 6) is 0.0809. The lowest BCUT2D eigenvalue weighted by atomic mass is 9.75. The number of carbonyl (C=O) groups excluding carboxylic acids is 1. The summed E-state index contributed by atoms with van der Waals surface area (Å²) in [6, 6.07) is 22.2. The van der Waals surface area contributed by atoms with Crippen LogP contribution in [-0.2, 0) is 6.42 Å². The van der Waals surface area contributed by atoms with Crippen molar-refractivity contribution in [3.8, 4) is 28.5 Å². The van der Waals surface area contributed by atoms with Crippen LogP contribution in [0.4, 0.5) is 4.39 Å². The van der Waals surface area contributed by atoms with Gasteiger partial charge in [-0.3, -0.25) is 9.36 Å². The summed E-state index contributed by atoms with van der Waals surface area (Å²) in [6.45, 7) is 4.14. The number of Topliss-reactive ketones (excluding diaryl/α,β-unsaturated/α-hetero) is 1. The second-order valence-electron chi connectivity index (χ2n) is 8.74. The zero-order valence-corrected chi connectivity index (χ0v) is 17.5. The monoisotopic (exact) mass is 411 g/mol. The van der Waals surface area contributed by atoms with E-state index in [1.807, 2.05) is 60.7 Å². The number of rotatable bonds is 3. The molecule has 0 saturated carbocycles. The quantitative estimate of drug-likeness (QED) is 0.422. The summed E-state index contributed by atoms with van der Waals surface area (Å²) in [4.78, 5) is 22.0. The van der Waals surface area contributed by atoms with Crippen molar-refractivity contribution >= 4 is 5.78 Å². The first-order chi connectivity index (χ1) is 14.9. The maximum Gasteiger partial charge on any atom is 0.226 e. The minimum atomic E-state index is -0.441. The van der Waals surface area contributed by atoms with Crippen molar-refractivity contribution in [1.82, 2.24) is 14.5 Å². The minimum Gasteiger partial charge on any atom is -0.294 e. The smallest absolute Gasteiger partial charge is 0.226 e. The maximum atomic E-state index is 15.7. The van der Waals surface area contributed by atoms with E-state index >= 15 is 4.39 Å². The molecule has 0 saturated heterocycles. The number of aromatic nitrogens is 3. The molecule has 0 bridgehead atoms. The van der Waals surface area contributed by atoms with E-state index in [2.05, 4.69) is 18.8 Å². The lowest BCUT2D eigenvalue weighted by molar-refractivity contribution is 0.0910. The van der Waals surface area contributed by atoms with Crippen LogP contribution in [0.2, 0.25) is 0 Å². The molecule has 2 aromatic carbocycles. The molecule has 0 unspecified atom stereocenters. The number of nitrogens with zero attached hydrogens (tertiary/aromatic N) is 3. The van der Waals surface area contributed by atoms with E-state index in [4.69, 9.17) is 4.98 Å². The van der Waals surface area contributed by atoms with E-state index < -0.39 is 5.95 Å². The van der Waals surface area contributed by atoms with Crippen LogP contribution in [0, 0.1) is 11.4 Å². The van der Waals surface area contributed by atoms with E-state index in [0.717, 1.165) is 5.69 Å². The van der Waals surface area contributed by atoms with E-state index in [0.29, 0.717) is 41.2 Å². The Morgan fingerprint density at radius 2 is 1.55 bits per heavy atom. The van der Waals surface area contributed by atoms with Gasteiger partial charge in [0.25, 0.3) is 0 Å². The summed E-state index contributed by atoms with van der Waals surface area (Å²) in [7, 11) is 0. The molecule has 31 heavy (non-hydrogen) atoms. The number of ketones is 1. The Bertz CT molecular complexity index is 1280. The molecule has 0 radical (unpaired) electrons. The molecule has 0 spiro atoms. The highest BCUT2D eigenvalue weighted by molar-refractivity contribution is 5.98. The summed E-state index contributed by atoms with van der Waals surface area (Å²) in [5.41, 5.74) is 3.45. The van der Waals surface area contributed by atoms with E-state index in [1.165, 1.54) is 4.57 Å². The predicted octanol–water partition coefficient (Wildman–Crippen LogP) is 5.90. The molecule has 2 aromatic heterocycles. The summed E-state index contributed by atoms with van der Waals surface area (Å²) >= 11 is 0. The fraction of sp³-hybridized carbons (Fsp3) is 0.192. The molecule has 5 rings (SSSR count). The van der Waals surface area contributed by atoms with Gasteiger partial charge in [0.15, 0.2) is 11.6 Å². The molecule has 0 fully saturated rings. The Morgan fingerprint density at radius 3 is 2.26 bits per heavy atom. The first kappa shape index (κ1) is 19.4. The van der Waals surface area contributed by atoms with Gasteiger partial charge in [0.2, 0.25) is 5.95 Å². The lowest BCUT2D eigenvalue weighted by Crippen LogP contribution is -2.28. The highest BCUT2D eigenvalue weighted by Gasteiger charge is 2.32.